The van der Waals surface area contributed by atoms with Crippen LogP contribution in [0.1, 0.15) is 28.4 Å². The molecule has 0 unspecified atom stereocenters. The first-order chi connectivity index (χ1) is 18.5. The van der Waals surface area contributed by atoms with Gasteiger partial charge in [-0.2, -0.15) is 5.10 Å². The molecule has 4 aromatic rings. The highest BCUT2D eigenvalue weighted by Crippen LogP contribution is 2.20. The number of nitrogens with zero attached hydrogens (tertiary/aromatic N) is 1. The fraction of sp³-hybridized carbons (Fsp3) is 0.100. The van der Waals surface area contributed by atoms with Gasteiger partial charge in [-0.25, -0.2) is 10.2 Å². The molecule has 0 aromatic heterocycles. The number of hydrogen-bond acceptors (Lipinski definition) is 6. The number of carbonyl (C=O) groups is 2. The molecule has 1 amide bonds. The molecule has 0 spiro atoms. The Morgan fingerprint density at radius 3 is 2.18 bits per heavy atom. The maximum atomic E-state index is 12.4. The molecule has 4 aromatic carbocycles. The molecule has 38 heavy (non-hydrogen) atoms. The summed E-state index contributed by atoms with van der Waals surface area (Å²) in [5, 5.41) is 3.99. The number of rotatable bonds is 10. The maximum Gasteiger partial charge on any atom is 0.344 e. The minimum Gasteiger partial charge on any atom is -0.489 e. The molecule has 0 heterocycles. The molecular weight excluding hydrogens is 595 g/mol. The van der Waals surface area contributed by atoms with Gasteiger partial charge < -0.3 is 14.2 Å². The highest BCUT2D eigenvalue weighted by atomic mass is 127. The lowest BCUT2D eigenvalue weighted by Crippen LogP contribution is -2.33. The van der Waals surface area contributed by atoms with E-state index >= 15 is 0 Å². The molecule has 7 nitrogen and oxygen atoms in total. The zero-order valence-corrected chi connectivity index (χ0v) is 22.7. The molecule has 0 aliphatic carbocycles. The van der Waals surface area contributed by atoms with Crippen molar-refractivity contribution < 1.29 is 23.8 Å². The van der Waals surface area contributed by atoms with Gasteiger partial charge in [0, 0.05) is 3.57 Å². The van der Waals surface area contributed by atoms with E-state index in [9.17, 15) is 9.59 Å². The van der Waals surface area contributed by atoms with Crippen LogP contribution >= 0.6 is 22.6 Å². The molecule has 8 heteroatoms. The van der Waals surface area contributed by atoms with Crippen molar-refractivity contribution in [2.75, 3.05) is 0 Å². The average molecular weight is 620 g/mol. The van der Waals surface area contributed by atoms with E-state index in [2.05, 4.69) is 33.1 Å². The van der Waals surface area contributed by atoms with Gasteiger partial charge in [0.2, 0.25) is 0 Å². The number of amides is 1. The van der Waals surface area contributed by atoms with Crippen molar-refractivity contribution in [2.24, 2.45) is 5.10 Å². The Labute approximate surface area is 234 Å². The van der Waals surface area contributed by atoms with Crippen LogP contribution in [0.5, 0.6) is 17.2 Å². The van der Waals surface area contributed by atoms with E-state index in [1.807, 2.05) is 42.5 Å². The Balaban J connectivity index is 1.22. The van der Waals surface area contributed by atoms with Crippen LogP contribution in [0.2, 0.25) is 0 Å². The zero-order valence-electron chi connectivity index (χ0n) is 20.5. The second kappa shape index (κ2) is 13.4. The first-order valence-electron chi connectivity index (χ1n) is 11.8. The van der Waals surface area contributed by atoms with E-state index in [-0.39, 0.29) is 0 Å². The molecule has 0 saturated carbocycles. The number of nitrogens with one attached hydrogen (secondary N) is 1. The van der Waals surface area contributed by atoms with Crippen molar-refractivity contribution in [1.82, 2.24) is 5.43 Å². The third-order valence-corrected chi connectivity index (χ3v) is 6.27. The van der Waals surface area contributed by atoms with Crippen LogP contribution < -0.4 is 19.6 Å². The Hall–Kier alpha value is -4.18. The standard InChI is InChI=1S/C30H25IN2O5/c1-21(37-25-17-15-24(16-18-25)36-20-23-7-3-2-4-8-23)29(34)33-32-19-22-11-13-26(14-12-22)38-30(35)27-9-5-6-10-28(27)31/h2-19,21H,20H2,1H3,(H,33,34)/b32-19-/t21-/m0/s1. The number of ether oxygens (including phenoxy) is 3. The normalized spacial score (nSPS) is 11.5. The molecule has 0 saturated heterocycles. The fourth-order valence-electron chi connectivity index (χ4n) is 3.29. The lowest BCUT2D eigenvalue weighted by atomic mass is 10.2. The first kappa shape index (κ1) is 26.9. The number of hydrazone groups is 1. The van der Waals surface area contributed by atoms with E-state index in [1.54, 1.807) is 67.6 Å². The third-order valence-electron chi connectivity index (χ3n) is 5.33. The van der Waals surface area contributed by atoms with Crippen LogP contribution in [0.15, 0.2) is 108 Å². The average Bonchev–Trinajstić information content (AvgIpc) is 2.94. The van der Waals surface area contributed by atoms with E-state index in [1.165, 1.54) is 6.21 Å². The molecule has 0 fully saturated rings. The fourth-order valence-corrected chi connectivity index (χ4v) is 3.89. The second-order valence-corrected chi connectivity index (χ2v) is 9.34. The van der Waals surface area contributed by atoms with Crippen molar-refractivity contribution in [2.45, 2.75) is 19.6 Å². The molecule has 1 atom stereocenters. The molecule has 4 rings (SSSR count). The lowest BCUT2D eigenvalue weighted by Gasteiger charge is -2.13. The summed E-state index contributed by atoms with van der Waals surface area (Å²) >= 11 is 2.09. The molecule has 0 aliphatic rings. The van der Waals surface area contributed by atoms with E-state index in [0.717, 1.165) is 14.7 Å². The van der Waals surface area contributed by atoms with Gasteiger partial charge in [-0.1, -0.05) is 42.5 Å². The van der Waals surface area contributed by atoms with Crippen molar-refractivity contribution in [1.29, 1.82) is 0 Å². The molecule has 0 radical (unpaired) electrons. The SMILES string of the molecule is C[C@H](Oc1ccc(OCc2ccccc2)cc1)C(=O)N/N=C\c1ccc(OC(=O)c2ccccc2I)cc1. The van der Waals surface area contributed by atoms with Gasteiger partial charge in [0.05, 0.1) is 11.8 Å². The van der Waals surface area contributed by atoms with E-state index < -0.39 is 18.0 Å². The minimum atomic E-state index is -0.759. The van der Waals surface area contributed by atoms with Crippen molar-refractivity contribution in [3.05, 3.63) is 123 Å². The monoisotopic (exact) mass is 620 g/mol. The van der Waals surface area contributed by atoms with Crippen molar-refractivity contribution >= 4 is 40.7 Å². The van der Waals surface area contributed by atoms with Gasteiger partial charge in [0.15, 0.2) is 6.10 Å². The molecule has 1 N–H and O–H groups in total. The van der Waals surface area contributed by atoms with Gasteiger partial charge in [-0.05, 0) is 101 Å². The second-order valence-electron chi connectivity index (χ2n) is 8.18. The summed E-state index contributed by atoms with van der Waals surface area (Å²) < 4.78 is 17.7. The number of esters is 1. The summed E-state index contributed by atoms with van der Waals surface area (Å²) in [6.45, 7) is 2.11. The zero-order chi connectivity index (χ0) is 26.7. The third kappa shape index (κ3) is 7.91. The number of hydrogen-bond donors (Lipinski definition) is 1. The van der Waals surface area contributed by atoms with Gasteiger partial charge >= 0.3 is 5.97 Å². The summed E-state index contributed by atoms with van der Waals surface area (Å²) in [5.41, 5.74) is 4.78. The molecule has 0 bridgehead atoms. The summed E-state index contributed by atoms with van der Waals surface area (Å²) in [4.78, 5) is 24.7. The van der Waals surface area contributed by atoms with Crippen LogP contribution in [0, 0.1) is 3.57 Å². The predicted octanol–water partition coefficient (Wildman–Crippen LogP) is 6.01. The number of halogens is 1. The van der Waals surface area contributed by atoms with Gasteiger partial charge in [-0.3, -0.25) is 4.79 Å². The molecule has 192 valence electrons. The van der Waals surface area contributed by atoms with Crippen LogP contribution in [-0.4, -0.2) is 24.2 Å². The van der Waals surface area contributed by atoms with Crippen molar-refractivity contribution in [3.63, 3.8) is 0 Å². The number of benzene rings is 4. The highest BCUT2D eigenvalue weighted by molar-refractivity contribution is 14.1. The van der Waals surface area contributed by atoms with Crippen molar-refractivity contribution in [3.8, 4) is 17.2 Å². The lowest BCUT2D eigenvalue weighted by molar-refractivity contribution is -0.127. The minimum absolute atomic E-state index is 0.395. The summed E-state index contributed by atoms with van der Waals surface area (Å²) in [6, 6.07) is 31.0. The Morgan fingerprint density at radius 2 is 1.47 bits per heavy atom. The van der Waals surface area contributed by atoms with E-state index in [4.69, 9.17) is 14.2 Å². The predicted molar refractivity (Wildman–Crippen MR) is 154 cm³/mol. The Morgan fingerprint density at radius 1 is 0.842 bits per heavy atom. The van der Waals surface area contributed by atoms with Gasteiger partial charge in [0.25, 0.3) is 5.91 Å². The van der Waals surface area contributed by atoms with Gasteiger partial charge in [0.1, 0.15) is 23.9 Å². The van der Waals surface area contributed by atoms with Gasteiger partial charge in [-0.15, -0.1) is 0 Å². The Bertz CT molecular complexity index is 1390. The largest absolute Gasteiger partial charge is 0.489 e. The maximum absolute atomic E-state index is 12.4. The first-order valence-corrected chi connectivity index (χ1v) is 12.9. The van der Waals surface area contributed by atoms with Crippen LogP contribution in [0.25, 0.3) is 0 Å². The number of carbonyl (C=O) groups excluding carboxylic acids is 2. The van der Waals surface area contributed by atoms with E-state index in [0.29, 0.717) is 29.4 Å². The smallest absolute Gasteiger partial charge is 0.344 e. The topological polar surface area (TPSA) is 86.2 Å². The molecule has 0 aliphatic heterocycles. The van der Waals surface area contributed by atoms with Crippen LogP contribution in [0.3, 0.4) is 0 Å². The highest BCUT2D eigenvalue weighted by Gasteiger charge is 2.14. The quantitative estimate of drug-likeness (QED) is 0.0773. The summed E-state index contributed by atoms with van der Waals surface area (Å²) in [5.74, 6) is 0.840. The summed E-state index contributed by atoms with van der Waals surface area (Å²) in [7, 11) is 0. The molecular formula is C30H25IN2O5. The summed E-state index contributed by atoms with van der Waals surface area (Å²) in [6.07, 6.45) is 0.737. The van der Waals surface area contributed by atoms with Crippen LogP contribution in [0.4, 0.5) is 0 Å². The van der Waals surface area contributed by atoms with Crippen LogP contribution in [-0.2, 0) is 11.4 Å². The Kier molecular flexibility index (Phi) is 9.47.